The first-order valence-corrected chi connectivity index (χ1v) is 12.5. The van der Waals surface area contributed by atoms with Gasteiger partial charge in [-0.25, -0.2) is 9.97 Å². The fourth-order valence-electron chi connectivity index (χ4n) is 5.10. The molecule has 10 heteroatoms. The van der Waals surface area contributed by atoms with Gasteiger partial charge in [-0.3, -0.25) is 9.48 Å². The van der Waals surface area contributed by atoms with Crippen LogP contribution in [0.3, 0.4) is 0 Å². The van der Waals surface area contributed by atoms with Crippen molar-refractivity contribution in [3.8, 4) is 28.8 Å². The summed E-state index contributed by atoms with van der Waals surface area (Å²) in [5.74, 6) is 6.62. The third kappa shape index (κ3) is 4.25. The number of ether oxygens (including phenoxy) is 2. The van der Waals surface area contributed by atoms with Gasteiger partial charge in [-0.05, 0) is 38.8 Å². The van der Waals surface area contributed by atoms with Crippen LogP contribution >= 0.6 is 0 Å². The number of amides is 1. The quantitative estimate of drug-likeness (QED) is 0.549. The Morgan fingerprint density at radius 3 is 2.84 bits per heavy atom. The Balaban J connectivity index is 1.27. The lowest BCUT2D eigenvalue weighted by molar-refractivity contribution is -0.130. The number of carbonyl (C=O) groups excluding carboxylic acids is 1. The molecule has 2 saturated heterocycles. The molecule has 37 heavy (non-hydrogen) atoms. The second-order valence-electron chi connectivity index (χ2n) is 9.49. The topological polar surface area (TPSA) is 97.6 Å². The number of carbonyl (C=O) groups is 1. The molecule has 1 atom stereocenters. The third-order valence-electron chi connectivity index (χ3n) is 7.07. The van der Waals surface area contributed by atoms with Crippen LogP contribution in [-0.4, -0.2) is 69.9 Å². The molecule has 3 aliphatic rings. The van der Waals surface area contributed by atoms with E-state index in [1.165, 1.54) is 0 Å². The first-order chi connectivity index (χ1) is 18.0. The summed E-state index contributed by atoms with van der Waals surface area (Å²) >= 11 is 0. The van der Waals surface area contributed by atoms with Gasteiger partial charge in [0.15, 0.2) is 5.75 Å². The minimum Gasteiger partial charge on any atom is -0.482 e. The maximum Gasteiger partial charge on any atom is 0.298 e. The fraction of sp³-hybridized carbons (Fsp3) is 0.407. The van der Waals surface area contributed by atoms with E-state index < -0.39 is 0 Å². The zero-order chi connectivity index (χ0) is 25.5. The number of aryl methyl sites for hydroxylation is 1. The monoisotopic (exact) mass is 499 g/mol. The van der Waals surface area contributed by atoms with E-state index in [2.05, 4.69) is 45.1 Å². The van der Waals surface area contributed by atoms with Crippen molar-refractivity contribution in [1.82, 2.24) is 24.6 Å². The molecule has 6 heterocycles. The number of fused-ring (bicyclic) bond motifs is 2. The van der Waals surface area contributed by atoms with Gasteiger partial charge in [-0.2, -0.15) is 5.10 Å². The van der Waals surface area contributed by atoms with E-state index in [0.29, 0.717) is 26.3 Å². The number of pyridine rings is 2. The average Bonchev–Trinajstić information content (AvgIpc) is 3.29. The molecule has 0 aliphatic carbocycles. The lowest BCUT2D eigenvalue weighted by Gasteiger charge is -2.37. The predicted octanol–water partition coefficient (Wildman–Crippen LogP) is 3.09. The van der Waals surface area contributed by atoms with Crippen LogP contribution in [0.25, 0.3) is 11.3 Å². The summed E-state index contributed by atoms with van der Waals surface area (Å²) in [7, 11) is 0. The number of morpholine rings is 1. The molecule has 6 rings (SSSR count). The molecule has 0 bridgehead atoms. The SMILES string of the molecule is CC#CC(=O)N1CC(n2cc(-c3cc4c(c(C)n3)O[C@H](C)c3c(N5CCOCC5)ccnc3N4)cn2)C1. The fourth-order valence-corrected chi connectivity index (χ4v) is 5.10. The second kappa shape index (κ2) is 9.41. The van der Waals surface area contributed by atoms with Crippen molar-refractivity contribution in [2.45, 2.75) is 32.9 Å². The highest BCUT2D eigenvalue weighted by Gasteiger charge is 2.32. The van der Waals surface area contributed by atoms with E-state index in [0.717, 1.165) is 58.5 Å². The lowest BCUT2D eigenvalue weighted by atomic mass is 10.1. The molecule has 0 unspecified atom stereocenters. The van der Waals surface area contributed by atoms with Gasteiger partial charge in [-0.1, -0.05) is 5.92 Å². The zero-order valence-electron chi connectivity index (χ0n) is 21.2. The molecular weight excluding hydrogens is 470 g/mol. The van der Waals surface area contributed by atoms with E-state index in [1.807, 2.05) is 36.3 Å². The number of hydrogen-bond donors (Lipinski definition) is 1. The molecule has 0 spiro atoms. The van der Waals surface area contributed by atoms with Crippen LogP contribution in [-0.2, 0) is 9.53 Å². The van der Waals surface area contributed by atoms with Crippen molar-refractivity contribution in [2.24, 2.45) is 0 Å². The predicted molar refractivity (Wildman–Crippen MR) is 139 cm³/mol. The summed E-state index contributed by atoms with van der Waals surface area (Å²) in [4.78, 5) is 25.5. The van der Waals surface area contributed by atoms with Gasteiger partial charge >= 0.3 is 0 Å². The Labute approximate surface area is 215 Å². The van der Waals surface area contributed by atoms with E-state index in [4.69, 9.17) is 14.5 Å². The van der Waals surface area contributed by atoms with E-state index in [9.17, 15) is 4.79 Å². The number of aromatic nitrogens is 4. The molecule has 190 valence electrons. The van der Waals surface area contributed by atoms with Gasteiger partial charge in [0, 0.05) is 49.8 Å². The highest BCUT2D eigenvalue weighted by atomic mass is 16.5. The van der Waals surface area contributed by atoms with Crippen LogP contribution in [0.15, 0.2) is 30.7 Å². The molecule has 1 amide bonds. The first-order valence-electron chi connectivity index (χ1n) is 12.5. The largest absolute Gasteiger partial charge is 0.482 e. The normalized spacial score (nSPS) is 18.8. The summed E-state index contributed by atoms with van der Waals surface area (Å²) < 4.78 is 13.9. The Morgan fingerprint density at radius 2 is 2.05 bits per heavy atom. The Kier molecular flexibility index (Phi) is 5.93. The van der Waals surface area contributed by atoms with Crippen molar-refractivity contribution in [1.29, 1.82) is 0 Å². The van der Waals surface area contributed by atoms with Gasteiger partial charge in [0.05, 0.1) is 48.1 Å². The van der Waals surface area contributed by atoms with Crippen LogP contribution in [0.2, 0.25) is 0 Å². The number of nitrogens with one attached hydrogen (secondary N) is 1. The van der Waals surface area contributed by atoms with Crippen LogP contribution in [0.1, 0.15) is 37.3 Å². The number of hydrogen-bond acceptors (Lipinski definition) is 8. The van der Waals surface area contributed by atoms with Gasteiger partial charge in [0.2, 0.25) is 0 Å². The van der Waals surface area contributed by atoms with Crippen molar-refractivity contribution in [3.63, 3.8) is 0 Å². The minimum absolute atomic E-state index is 0.135. The molecule has 1 N–H and O–H groups in total. The average molecular weight is 500 g/mol. The number of likely N-dealkylation sites (tertiary alicyclic amines) is 1. The molecule has 2 fully saturated rings. The maximum atomic E-state index is 11.9. The van der Waals surface area contributed by atoms with E-state index in [1.54, 1.807) is 11.8 Å². The minimum atomic E-state index is -0.203. The van der Waals surface area contributed by atoms with Gasteiger partial charge < -0.3 is 24.6 Å². The summed E-state index contributed by atoms with van der Waals surface area (Å²) in [6.07, 6.45) is 5.43. The lowest BCUT2D eigenvalue weighted by Crippen LogP contribution is -2.50. The number of rotatable bonds is 3. The molecule has 0 aromatic carbocycles. The van der Waals surface area contributed by atoms with Gasteiger partial charge in [-0.15, -0.1) is 0 Å². The van der Waals surface area contributed by atoms with Crippen LogP contribution < -0.4 is 15.0 Å². The highest BCUT2D eigenvalue weighted by Crippen LogP contribution is 2.44. The maximum absolute atomic E-state index is 11.9. The molecule has 3 aliphatic heterocycles. The van der Waals surface area contributed by atoms with Crippen LogP contribution in [0.5, 0.6) is 5.75 Å². The molecular formula is C27H29N7O3. The summed E-state index contributed by atoms with van der Waals surface area (Å²) in [5.41, 5.74) is 5.46. The van der Waals surface area contributed by atoms with Gasteiger partial charge in [0.25, 0.3) is 5.91 Å². The van der Waals surface area contributed by atoms with Crippen LogP contribution in [0.4, 0.5) is 17.2 Å². The van der Waals surface area contributed by atoms with Crippen molar-refractivity contribution >= 4 is 23.1 Å². The molecule has 0 saturated carbocycles. The standard InChI is InChI=1S/C27H29N7O3/c1-4-5-24(35)33-15-20(16-33)34-14-19(13-29-34)21-12-22-26(17(2)30-21)37-18(3)25-23(6-7-28-27(25)31-22)32-8-10-36-11-9-32/h6-7,12-14,18,20H,8-11,15-16H2,1-3H3,(H,28,31)/t18-/m1/s1. The smallest absolute Gasteiger partial charge is 0.298 e. The van der Waals surface area contributed by atoms with E-state index in [-0.39, 0.29) is 18.1 Å². The Bertz CT molecular complexity index is 1410. The highest BCUT2D eigenvalue weighted by molar-refractivity contribution is 5.94. The third-order valence-corrected chi connectivity index (χ3v) is 7.07. The van der Waals surface area contributed by atoms with Crippen molar-refractivity contribution < 1.29 is 14.3 Å². The Morgan fingerprint density at radius 1 is 1.24 bits per heavy atom. The number of nitrogens with zero attached hydrogens (tertiary/aromatic N) is 6. The summed E-state index contributed by atoms with van der Waals surface area (Å²) in [5, 5.41) is 8.08. The van der Waals surface area contributed by atoms with Crippen molar-refractivity contribution in [3.05, 3.63) is 42.0 Å². The Hall–Kier alpha value is -4.10. The van der Waals surface area contributed by atoms with E-state index >= 15 is 0 Å². The first kappa shape index (κ1) is 23.3. The van der Waals surface area contributed by atoms with Crippen LogP contribution in [0, 0.1) is 18.8 Å². The molecule has 0 radical (unpaired) electrons. The van der Waals surface area contributed by atoms with Crippen molar-refractivity contribution in [2.75, 3.05) is 49.6 Å². The molecule has 10 nitrogen and oxygen atoms in total. The van der Waals surface area contributed by atoms with Gasteiger partial charge in [0.1, 0.15) is 11.9 Å². The molecule has 3 aromatic rings. The summed E-state index contributed by atoms with van der Waals surface area (Å²) in [6.45, 7) is 9.98. The summed E-state index contributed by atoms with van der Waals surface area (Å²) in [6, 6.07) is 4.17. The molecule has 3 aromatic heterocycles. The number of anilines is 3. The second-order valence-corrected chi connectivity index (χ2v) is 9.49. The zero-order valence-corrected chi connectivity index (χ0v) is 21.2.